The highest BCUT2D eigenvalue weighted by atomic mass is 16.5. The molecule has 0 unspecified atom stereocenters. The van der Waals surface area contributed by atoms with Gasteiger partial charge in [0.2, 0.25) is 0 Å². The lowest BCUT2D eigenvalue weighted by molar-refractivity contribution is -0.123. The minimum atomic E-state index is -0.635. The molecule has 1 aliphatic carbocycles. The molecular formula is C20H28N2O4. The van der Waals surface area contributed by atoms with Crippen molar-refractivity contribution in [1.82, 2.24) is 10.6 Å². The summed E-state index contributed by atoms with van der Waals surface area (Å²) in [6.07, 6.45) is 4.04. The number of imide groups is 1. The summed E-state index contributed by atoms with van der Waals surface area (Å²) in [6, 6.07) is -0.415. The van der Waals surface area contributed by atoms with E-state index in [2.05, 4.69) is 10.6 Å². The zero-order chi connectivity index (χ0) is 19.4. The van der Waals surface area contributed by atoms with Crippen molar-refractivity contribution in [2.75, 3.05) is 6.61 Å². The van der Waals surface area contributed by atoms with Crippen molar-refractivity contribution < 1.29 is 19.1 Å². The number of carbonyl (C=O) groups excluding carboxylic acids is 3. The van der Waals surface area contributed by atoms with Crippen LogP contribution in [0.25, 0.3) is 0 Å². The average Bonchev–Trinajstić information content (AvgIpc) is 3.09. The van der Waals surface area contributed by atoms with Crippen molar-refractivity contribution in [2.24, 2.45) is 0 Å². The minimum Gasteiger partial charge on any atom is -0.452 e. The number of benzene rings is 1. The van der Waals surface area contributed by atoms with Crippen molar-refractivity contribution in [3.05, 3.63) is 33.4 Å². The maximum atomic E-state index is 12.5. The number of hydrogen-bond acceptors (Lipinski definition) is 4. The quantitative estimate of drug-likeness (QED) is 0.808. The van der Waals surface area contributed by atoms with E-state index in [4.69, 9.17) is 4.74 Å². The van der Waals surface area contributed by atoms with Gasteiger partial charge in [0, 0.05) is 6.04 Å². The van der Waals surface area contributed by atoms with E-state index in [1.54, 1.807) is 0 Å². The van der Waals surface area contributed by atoms with Crippen LogP contribution >= 0.6 is 0 Å². The van der Waals surface area contributed by atoms with Gasteiger partial charge in [0.05, 0.1) is 5.56 Å². The van der Waals surface area contributed by atoms with E-state index in [0.717, 1.165) is 53.5 Å². The molecule has 0 aliphatic heterocycles. The van der Waals surface area contributed by atoms with Gasteiger partial charge in [0.15, 0.2) is 6.61 Å². The predicted octanol–water partition coefficient (Wildman–Crippen LogP) is 3.15. The first-order chi connectivity index (χ1) is 12.2. The first kappa shape index (κ1) is 19.9. The largest absolute Gasteiger partial charge is 0.452 e. The van der Waals surface area contributed by atoms with Crippen LogP contribution in [-0.4, -0.2) is 30.6 Å². The third-order valence-corrected chi connectivity index (χ3v) is 5.48. The van der Waals surface area contributed by atoms with Crippen LogP contribution in [0.2, 0.25) is 0 Å². The molecular weight excluding hydrogens is 332 g/mol. The molecule has 1 aromatic carbocycles. The van der Waals surface area contributed by atoms with Crippen LogP contribution in [-0.2, 0) is 9.53 Å². The molecule has 2 N–H and O–H groups in total. The van der Waals surface area contributed by atoms with Crippen molar-refractivity contribution in [3.63, 3.8) is 0 Å². The molecule has 26 heavy (non-hydrogen) atoms. The molecule has 2 rings (SSSR count). The molecule has 142 valence electrons. The molecule has 1 saturated carbocycles. The van der Waals surface area contributed by atoms with Gasteiger partial charge in [-0.25, -0.2) is 9.59 Å². The van der Waals surface area contributed by atoms with E-state index in [9.17, 15) is 14.4 Å². The number of ether oxygens (including phenoxy) is 1. The zero-order valence-electron chi connectivity index (χ0n) is 16.2. The summed E-state index contributed by atoms with van der Waals surface area (Å²) in [5.74, 6) is -1.18. The van der Waals surface area contributed by atoms with Gasteiger partial charge < -0.3 is 10.1 Å². The molecule has 0 aromatic heterocycles. The van der Waals surface area contributed by atoms with E-state index in [0.29, 0.717) is 5.56 Å². The molecule has 1 aliphatic rings. The van der Waals surface area contributed by atoms with Crippen LogP contribution in [0.3, 0.4) is 0 Å². The minimum absolute atomic E-state index is 0.120. The van der Waals surface area contributed by atoms with Gasteiger partial charge >= 0.3 is 12.0 Å². The lowest BCUT2D eigenvalue weighted by Gasteiger charge is -2.17. The maximum absolute atomic E-state index is 12.5. The first-order valence-electron chi connectivity index (χ1n) is 9.06. The van der Waals surface area contributed by atoms with Crippen LogP contribution < -0.4 is 10.6 Å². The van der Waals surface area contributed by atoms with Crippen LogP contribution in [0.5, 0.6) is 0 Å². The zero-order valence-corrected chi connectivity index (χ0v) is 16.2. The maximum Gasteiger partial charge on any atom is 0.339 e. The normalized spacial score (nSPS) is 14.2. The van der Waals surface area contributed by atoms with Crippen LogP contribution in [0.4, 0.5) is 4.79 Å². The number of nitrogens with one attached hydrogen (secondary N) is 2. The fraction of sp³-hybridized carbons (Fsp3) is 0.550. The molecule has 6 heteroatoms. The Balaban J connectivity index is 1.94. The summed E-state index contributed by atoms with van der Waals surface area (Å²) in [5.41, 5.74) is 5.44. The molecule has 0 spiro atoms. The Kier molecular flexibility index (Phi) is 6.40. The van der Waals surface area contributed by atoms with Crippen molar-refractivity contribution in [2.45, 2.75) is 66.3 Å². The summed E-state index contributed by atoms with van der Waals surface area (Å²) in [6.45, 7) is 9.22. The van der Waals surface area contributed by atoms with Gasteiger partial charge in [-0.3, -0.25) is 10.1 Å². The number of amides is 3. The summed E-state index contributed by atoms with van der Waals surface area (Å²) in [5, 5.41) is 4.97. The standard InChI is InChI=1S/C20H28N2O4/c1-11-12(2)14(4)18(15(5)13(11)3)19(24)26-10-17(23)22-20(25)21-16-8-6-7-9-16/h16H,6-10H2,1-5H3,(H2,21,22,23,25). The topological polar surface area (TPSA) is 84.5 Å². The second-order valence-electron chi connectivity index (χ2n) is 7.08. The Labute approximate surface area is 154 Å². The Morgan fingerprint density at radius 2 is 1.38 bits per heavy atom. The molecule has 3 amide bonds. The Hall–Kier alpha value is -2.37. The van der Waals surface area contributed by atoms with Crippen LogP contribution in [0, 0.1) is 34.6 Å². The second-order valence-corrected chi connectivity index (χ2v) is 7.08. The number of esters is 1. The number of hydrogen-bond donors (Lipinski definition) is 2. The van der Waals surface area contributed by atoms with E-state index in [-0.39, 0.29) is 6.04 Å². The Morgan fingerprint density at radius 1 is 0.885 bits per heavy atom. The Bertz CT molecular complexity index is 705. The molecule has 6 nitrogen and oxygen atoms in total. The number of urea groups is 1. The predicted molar refractivity (Wildman–Crippen MR) is 99.3 cm³/mol. The van der Waals surface area contributed by atoms with Crippen molar-refractivity contribution >= 4 is 17.9 Å². The van der Waals surface area contributed by atoms with Crippen LogP contribution in [0.1, 0.15) is 63.9 Å². The molecule has 0 bridgehead atoms. The highest BCUT2D eigenvalue weighted by molar-refractivity contribution is 5.98. The highest BCUT2D eigenvalue weighted by Crippen LogP contribution is 2.26. The molecule has 1 aromatic rings. The van der Waals surface area contributed by atoms with E-state index in [1.807, 2.05) is 34.6 Å². The third-order valence-electron chi connectivity index (χ3n) is 5.48. The fourth-order valence-electron chi connectivity index (χ4n) is 3.46. The van der Waals surface area contributed by atoms with Gasteiger partial charge in [-0.2, -0.15) is 0 Å². The molecule has 0 saturated heterocycles. The SMILES string of the molecule is Cc1c(C)c(C)c(C(=O)OCC(=O)NC(=O)NC2CCCC2)c(C)c1C. The van der Waals surface area contributed by atoms with E-state index < -0.39 is 24.5 Å². The Morgan fingerprint density at radius 3 is 1.92 bits per heavy atom. The number of rotatable bonds is 4. The lowest BCUT2D eigenvalue weighted by Crippen LogP contribution is -2.45. The average molecular weight is 360 g/mol. The molecule has 0 atom stereocenters. The van der Waals surface area contributed by atoms with Crippen LogP contribution in [0.15, 0.2) is 0 Å². The first-order valence-corrected chi connectivity index (χ1v) is 9.06. The molecule has 0 heterocycles. The van der Waals surface area contributed by atoms with Crippen molar-refractivity contribution in [3.8, 4) is 0 Å². The smallest absolute Gasteiger partial charge is 0.339 e. The van der Waals surface area contributed by atoms with Gasteiger partial charge in [0.1, 0.15) is 0 Å². The van der Waals surface area contributed by atoms with E-state index >= 15 is 0 Å². The second kappa shape index (κ2) is 8.34. The molecule has 1 fully saturated rings. The fourth-order valence-corrected chi connectivity index (χ4v) is 3.46. The summed E-state index contributed by atoms with van der Waals surface area (Å²) in [4.78, 5) is 36.1. The lowest BCUT2D eigenvalue weighted by atomic mass is 9.90. The third kappa shape index (κ3) is 4.42. The number of carbonyl (C=O) groups is 3. The van der Waals surface area contributed by atoms with Gasteiger partial charge in [-0.05, 0) is 75.3 Å². The monoisotopic (exact) mass is 360 g/mol. The summed E-state index contributed by atoms with van der Waals surface area (Å²) >= 11 is 0. The molecule has 0 radical (unpaired) electrons. The van der Waals surface area contributed by atoms with E-state index in [1.165, 1.54) is 0 Å². The summed E-state index contributed by atoms with van der Waals surface area (Å²) in [7, 11) is 0. The van der Waals surface area contributed by atoms with Crippen molar-refractivity contribution in [1.29, 1.82) is 0 Å². The van der Waals surface area contributed by atoms with Gasteiger partial charge in [-0.1, -0.05) is 12.8 Å². The highest BCUT2D eigenvalue weighted by Gasteiger charge is 2.21. The van der Waals surface area contributed by atoms with Gasteiger partial charge in [0.25, 0.3) is 5.91 Å². The van der Waals surface area contributed by atoms with Gasteiger partial charge in [-0.15, -0.1) is 0 Å². The summed E-state index contributed by atoms with van der Waals surface area (Å²) < 4.78 is 5.14.